The Morgan fingerprint density at radius 3 is 2.57 bits per heavy atom. The minimum absolute atomic E-state index is 0.347. The molecule has 1 aromatic carbocycles. The zero-order chi connectivity index (χ0) is 14.9. The topological polar surface area (TPSA) is 62.8 Å². The average molecular weight is 306 g/mol. The van der Waals surface area contributed by atoms with E-state index in [4.69, 9.17) is 0 Å². The Morgan fingerprint density at radius 2 is 1.90 bits per heavy atom. The van der Waals surface area contributed by atoms with Gasteiger partial charge in [0.1, 0.15) is 5.82 Å². The number of fused-ring (bicyclic) bond motifs is 1. The Balaban J connectivity index is 1.83. The fourth-order valence-corrected chi connectivity index (χ4v) is 3.86. The summed E-state index contributed by atoms with van der Waals surface area (Å²) in [6.45, 7) is 0. The number of aromatic amines is 1. The number of sulfone groups is 1. The quantitative estimate of drug-likeness (QED) is 0.883. The van der Waals surface area contributed by atoms with E-state index in [1.54, 1.807) is 18.2 Å². The summed E-state index contributed by atoms with van der Waals surface area (Å²) < 4.78 is 23.2. The van der Waals surface area contributed by atoms with E-state index in [9.17, 15) is 8.42 Å². The monoisotopic (exact) mass is 306 g/mol. The van der Waals surface area contributed by atoms with Crippen molar-refractivity contribution in [3.8, 4) is 0 Å². The lowest BCUT2D eigenvalue weighted by molar-refractivity contribution is 0.450. The van der Waals surface area contributed by atoms with Gasteiger partial charge in [0.2, 0.25) is 0 Å². The van der Waals surface area contributed by atoms with Crippen LogP contribution in [0.1, 0.15) is 44.3 Å². The number of nitrogens with zero attached hydrogens (tertiary/aromatic N) is 1. The summed E-state index contributed by atoms with van der Waals surface area (Å²) >= 11 is 0. The molecular weight excluding hydrogens is 284 g/mol. The fourth-order valence-electron chi connectivity index (χ4n) is 3.21. The summed E-state index contributed by atoms with van der Waals surface area (Å²) in [5, 5.41) is 0. The number of rotatable bonds is 3. The van der Waals surface area contributed by atoms with Crippen LogP contribution in [0.2, 0.25) is 0 Å². The third-order valence-electron chi connectivity index (χ3n) is 4.39. The van der Waals surface area contributed by atoms with Crippen LogP contribution >= 0.6 is 0 Å². The Hall–Kier alpha value is -1.36. The van der Waals surface area contributed by atoms with E-state index in [2.05, 4.69) is 9.97 Å². The van der Waals surface area contributed by atoms with E-state index in [0.29, 0.717) is 10.8 Å². The number of imidazole rings is 1. The third-order valence-corrected chi connectivity index (χ3v) is 5.50. The first-order valence-corrected chi connectivity index (χ1v) is 9.60. The van der Waals surface area contributed by atoms with Gasteiger partial charge >= 0.3 is 0 Å². The van der Waals surface area contributed by atoms with Crippen LogP contribution in [0.25, 0.3) is 11.0 Å². The number of H-pyrrole nitrogens is 1. The van der Waals surface area contributed by atoms with Crippen molar-refractivity contribution < 1.29 is 8.42 Å². The highest BCUT2D eigenvalue weighted by Crippen LogP contribution is 2.26. The molecule has 1 aliphatic carbocycles. The van der Waals surface area contributed by atoms with Crippen molar-refractivity contribution in [2.24, 2.45) is 5.92 Å². The van der Waals surface area contributed by atoms with Crippen LogP contribution in [0.3, 0.4) is 0 Å². The molecule has 4 nitrogen and oxygen atoms in total. The van der Waals surface area contributed by atoms with Crippen LogP contribution in [0.4, 0.5) is 0 Å². The van der Waals surface area contributed by atoms with E-state index < -0.39 is 9.84 Å². The molecule has 2 aromatic rings. The first-order valence-electron chi connectivity index (χ1n) is 7.71. The molecule has 1 fully saturated rings. The largest absolute Gasteiger partial charge is 0.342 e. The van der Waals surface area contributed by atoms with Gasteiger partial charge in [-0.25, -0.2) is 13.4 Å². The molecule has 21 heavy (non-hydrogen) atoms. The molecule has 0 atom stereocenters. The molecule has 0 saturated heterocycles. The predicted molar refractivity (Wildman–Crippen MR) is 84.1 cm³/mol. The molecule has 1 saturated carbocycles. The number of hydrogen-bond acceptors (Lipinski definition) is 3. The summed E-state index contributed by atoms with van der Waals surface area (Å²) in [4.78, 5) is 8.26. The van der Waals surface area contributed by atoms with Gasteiger partial charge < -0.3 is 4.98 Å². The highest BCUT2D eigenvalue weighted by Gasteiger charge is 2.15. The average Bonchev–Trinajstić information content (AvgIpc) is 2.63. The van der Waals surface area contributed by atoms with E-state index in [1.165, 1.54) is 44.8 Å². The predicted octanol–water partition coefficient (Wildman–Crippen LogP) is 3.48. The van der Waals surface area contributed by atoms with Gasteiger partial charge in [0.05, 0.1) is 15.9 Å². The number of benzene rings is 1. The number of hydrogen-bond donors (Lipinski definition) is 1. The maximum absolute atomic E-state index is 11.6. The summed E-state index contributed by atoms with van der Waals surface area (Å²) in [6, 6.07) is 5.11. The fraction of sp³-hybridized carbons (Fsp3) is 0.562. The van der Waals surface area contributed by atoms with Crippen molar-refractivity contribution in [3.05, 3.63) is 24.0 Å². The molecule has 1 N–H and O–H groups in total. The van der Waals surface area contributed by atoms with Crippen molar-refractivity contribution >= 4 is 20.9 Å². The van der Waals surface area contributed by atoms with Crippen molar-refractivity contribution in [3.63, 3.8) is 0 Å². The lowest BCUT2D eigenvalue weighted by atomic mass is 9.96. The smallest absolute Gasteiger partial charge is 0.175 e. The SMILES string of the molecule is CS(=O)(=O)c1ccc2nc(CC3CCCCCC3)[nH]c2c1. The Morgan fingerprint density at radius 1 is 1.19 bits per heavy atom. The van der Waals surface area contributed by atoms with Gasteiger partial charge in [0.15, 0.2) is 9.84 Å². The molecule has 114 valence electrons. The molecule has 1 heterocycles. The Bertz CT molecular complexity index is 726. The van der Waals surface area contributed by atoms with Gasteiger partial charge in [-0.1, -0.05) is 38.5 Å². The van der Waals surface area contributed by atoms with Gasteiger partial charge in [-0.15, -0.1) is 0 Å². The molecule has 1 aromatic heterocycles. The highest BCUT2D eigenvalue weighted by atomic mass is 32.2. The van der Waals surface area contributed by atoms with Crippen LogP contribution in [0, 0.1) is 5.92 Å². The summed E-state index contributed by atoms with van der Waals surface area (Å²) in [6.07, 6.45) is 10.1. The minimum atomic E-state index is -3.16. The van der Waals surface area contributed by atoms with Crippen LogP contribution in [0.5, 0.6) is 0 Å². The van der Waals surface area contributed by atoms with E-state index in [-0.39, 0.29) is 0 Å². The molecule has 0 radical (unpaired) electrons. The molecule has 5 heteroatoms. The number of aromatic nitrogens is 2. The van der Waals surface area contributed by atoms with Gasteiger partial charge in [-0.3, -0.25) is 0 Å². The van der Waals surface area contributed by atoms with Crippen LogP contribution in [-0.4, -0.2) is 24.6 Å². The first kappa shape index (κ1) is 14.6. The molecular formula is C16H22N2O2S. The van der Waals surface area contributed by atoms with Gasteiger partial charge in [0, 0.05) is 12.7 Å². The Kier molecular flexibility index (Phi) is 4.02. The molecule has 0 bridgehead atoms. The van der Waals surface area contributed by atoms with Gasteiger partial charge in [0.25, 0.3) is 0 Å². The second-order valence-electron chi connectivity index (χ2n) is 6.20. The van der Waals surface area contributed by atoms with E-state index in [1.807, 2.05) is 0 Å². The van der Waals surface area contributed by atoms with Gasteiger partial charge in [-0.2, -0.15) is 0 Å². The lowest BCUT2D eigenvalue weighted by Gasteiger charge is -2.11. The standard InChI is InChI=1S/C16H22N2O2S/c1-21(19,20)13-8-9-14-15(11-13)18-16(17-14)10-12-6-4-2-3-5-7-12/h8-9,11-12H,2-7,10H2,1H3,(H,17,18). The first-order chi connectivity index (χ1) is 10.0. The van der Waals surface area contributed by atoms with Crippen molar-refractivity contribution in [2.75, 3.05) is 6.26 Å². The molecule has 0 aliphatic heterocycles. The molecule has 0 unspecified atom stereocenters. The van der Waals surface area contributed by atoms with Crippen molar-refractivity contribution in [1.29, 1.82) is 0 Å². The Labute approximate surface area is 125 Å². The minimum Gasteiger partial charge on any atom is -0.342 e. The van der Waals surface area contributed by atoms with Crippen LogP contribution in [0.15, 0.2) is 23.1 Å². The molecule has 3 rings (SSSR count). The maximum Gasteiger partial charge on any atom is 0.175 e. The number of nitrogens with one attached hydrogen (secondary N) is 1. The van der Waals surface area contributed by atoms with Gasteiger partial charge in [-0.05, 0) is 24.1 Å². The van der Waals surface area contributed by atoms with Crippen LogP contribution in [-0.2, 0) is 16.3 Å². The lowest BCUT2D eigenvalue weighted by Crippen LogP contribution is -2.04. The van der Waals surface area contributed by atoms with Crippen LogP contribution < -0.4 is 0 Å². The zero-order valence-corrected chi connectivity index (χ0v) is 13.2. The summed E-state index contributed by atoms with van der Waals surface area (Å²) in [5.74, 6) is 1.70. The highest BCUT2D eigenvalue weighted by molar-refractivity contribution is 7.90. The van der Waals surface area contributed by atoms with Crippen molar-refractivity contribution in [1.82, 2.24) is 9.97 Å². The third kappa shape index (κ3) is 3.46. The normalized spacial score (nSPS) is 18.0. The van der Waals surface area contributed by atoms with E-state index in [0.717, 1.165) is 23.3 Å². The summed E-state index contributed by atoms with van der Waals surface area (Å²) in [7, 11) is -3.16. The van der Waals surface area contributed by atoms with Crippen molar-refractivity contribution in [2.45, 2.75) is 49.8 Å². The zero-order valence-electron chi connectivity index (χ0n) is 12.4. The second kappa shape index (κ2) is 5.79. The summed E-state index contributed by atoms with van der Waals surface area (Å²) in [5.41, 5.74) is 1.67. The second-order valence-corrected chi connectivity index (χ2v) is 8.21. The maximum atomic E-state index is 11.6. The molecule has 1 aliphatic rings. The molecule has 0 spiro atoms. The molecule has 0 amide bonds. The van der Waals surface area contributed by atoms with E-state index >= 15 is 0 Å².